The van der Waals surface area contributed by atoms with Gasteiger partial charge in [-0.1, -0.05) is 25.0 Å². The molecule has 3 aromatic rings. The number of aryl methyl sites for hydroxylation is 1. The van der Waals surface area contributed by atoms with Crippen molar-refractivity contribution in [3.8, 4) is 0 Å². The van der Waals surface area contributed by atoms with E-state index in [1.165, 1.54) is 36.6 Å². The topological polar surface area (TPSA) is 76.0 Å². The second kappa shape index (κ2) is 8.47. The third-order valence-electron chi connectivity index (χ3n) is 5.61. The van der Waals surface area contributed by atoms with Crippen LogP contribution in [0.15, 0.2) is 53.6 Å². The van der Waals surface area contributed by atoms with Crippen LogP contribution in [0.5, 0.6) is 0 Å². The van der Waals surface area contributed by atoms with Crippen molar-refractivity contribution in [3.05, 3.63) is 64.7 Å². The van der Waals surface area contributed by atoms with Crippen LogP contribution in [0.2, 0.25) is 0 Å². The van der Waals surface area contributed by atoms with Crippen LogP contribution in [0.1, 0.15) is 31.2 Å². The summed E-state index contributed by atoms with van der Waals surface area (Å²) in [6.07, 6.45) is 6.74. The lowest BCUT2D eigenvalue weighted by atomic mass is 10.1. The number of carbonyl (C=O) groups excluding carboxylic acids is 1. The van der Waals surface area contributed by atoms with E-state index in [9.17, 15) is 9.59 Å². The second-order valence-corrected chi connectivity index (χ2v) is 7.81. The Labute approximate surface area is 170 Å². The van der Waals surface area contributed by atoms with Gasteiger partial charge in [-0.15, -0.1) is 0 Å². The Balaban J connectivity index is 1.37. The first kappa shape index (κ1) is 19.2. The molecule has 6 nitrogen and oxygen atoms in total. The lowest BCUT2D eigenvalue weighted by molar-refractivity contribution is -0.116. The maximum Gasteiger partial charge on any atom is 0.261 e. The standard InChI is InChI=1S/C23H26N4O2/c1-16-5-4-8-20-22(16)25-15-27(23(20)29)14-21(28)26-19-11-9-18(10-12-19)24-13-17-6-2-3-7-17/h4-5,8-12,15,17,24H,2-3,6-7,13-14H2,1H3,(H,26,28). The predicted octanol–water partition coefficient (Wildman–Crippen LogP) is 3.95. The molecule has 0 aliphatic heterocycles. The van der Waals surface area contributed by atoms with Crippen LogP contribution in [-0.2, 0) is 11.3 Å². The largest absolute Gasteiger partial charge is 0.385 e. The lowest BCUT2D eigenvalue weighted by Gasteiger charge is -2.12. The average molecular weight is 390 g/mol. The molecule has 2 aromatic carbocycles. The smallest absolute Gasteiger partial charge is 0.261 e. The maximum absolute atomic E-state index is 12.6. The molecule has 0 radical (unpaired) electrons. The molecule has 1 aromatic heterocycles. The average Bonchev–Trinajstić information content (AvgIpc) is 3.24. The van der Waals surface area contributed by atoms with Gasteiger partial charge in [0.2, 0.25) is 5.91 Å². The molecule has 4 rings (SSSR count). The van der Waals surface area contributed by atoms with Crippen LogP contribution in [-0.4, -0.2) is 22.0 Å². The summed E-state index contributed by atoms with van der Waals surface area (Å²) in [5, 5.41) is 6.84. The van der Waals surface area contributed by atoms with Gasteiger partial charge in [-0.2, -0.15) is 0 Å². The molecule has 0 atom stereocenters. The quantitative estimate of drug-likeness (QED) is 0.668. The number of nitrogens with one attached hydrogen (secondary N) is 2. The van der Waals surface area contributed by atoms with E-state index in [4.69, 9.17) is 0 Å². The predicted molar refractivity (Wildman–Crippen MR) is 116 cm³/mol. The van der Waals surface area contributed by atoms with Crippen LogP contribution in [0.4, 0.5) is 11.4 Å². The highest BCUT2D eigenvalue weighted by Gasteiger charge is 2.14. The molecule has 150 valence electrons. The minimum absolute atomic E-state index is 0.0720. The number of para-hydroxylation sites is 1. The van der Waals surface area contributed by atoms with Crippen molar-refractivity contribution < 1.29 is 4.79 Å². The lowest BCUT2D eigenvalue weighted by Crippen LogP contribution is -2.28. The molecule has 1 fully saturated rings. The highest BCUT2D eigenvalue weighted by molar-refractivity contribution is 5.91. The third-order valence-corrected chi connectivity index (χ3v) is 5.61. The molecule has 1 aliphatic carbocycles. The molecule has 0 bridgehead atoms. The Bertz CT molecular complexity index is 1070. The van der Waals surface area contributed by atoms with Crippen molar-refractivity contribution in [1.82, 2.24) is 9.55 Å². The Hall–Kier alpha value is -3.15. The SMILES string of the molecule is Cc1cccc2c(=O)n(CC(=O)Nc3ccc(NCC4CCCC4)cc3)cnc12. The van der Waals surface area contributed by atoms with Crippen molar-refractivity contribution in [2.45, 2.75) is 39.2 Å². The fourth-order valence-electron chi connectivity index (χ4n) is 3.95. The second-order valence-electron chi connectivity index (χ2n) is 7.81. The summed E-state index contributed by atoms with van der Waals surface area (Å²) in [7, 11) is 0. The monoisotopic (exact) mass is 390 g/mol. The summed E-state index contributed by atoms with van der Waals surface area (Å²) in [6.45, 7) is 2.85. The van der Waals surface area contributed by atoms with Gasteiger partial charge < -0.3 is 10.6 Å². The number of aromatic nitrogens is 2. The van der Waals surface area contributed by atoms with Crippen LogP contribution in [0.25, 0.3) is 10.9 Å². The number of fused-ring (bicyclic) bond motifs is 1. The summed E-state index contributed by atoms with van der Waals surface area (Å²) in [4.78, 5) is 29.4. The molecule has 6 heteroatoms. The molecule has 0 unspecified atom stereocenters. The molecule has 0 spiro atoms. The van der Waals surface area contributed by atoms with E-state index in [1.807, 2.05) is 43.3 Å². The first-order chi connectivity index (χ1) is 14.1. The van der Waals surface area contributed by atoms with Crippen LogP contribution in [0, 0.1) is 12.8 Å². The van der Waals surface area contributed by atoms with Gasteiger partial charge in [0.1, 0.15) is 6.54 Å². The molecular weight excluding hydrogens is 364 g/mol. The van der Waals surface area contributed by atoms with Crippen molar-refractivity contribution >= 4 is 28.2 Å². The minimum atomic E-state index is -0.257. The van der Waals surface area contributed by atoms with Gasteiger partial charge in [0.15, 0.2) is 0 Å². The van der Waals surface area contributed by atoms with Crippen LogP contribution < -0.4 is 16.2 Å². The summed E-state index contributed by atoms with van der Waals surface area (Å²) in [5.41, 5.74) is 3.17. The molecule has 1 heterocycles. The van der Waals surface area contributed by atoms with Gasteiger partial charge in [0.25, 0.3) is 5.56 Å². The fourth-order valence-corrected chi connectivity index (χ4v) is 3.95. The number of hydrogen-bond donors (Lipinski definition) is 2. The van der Waals surface area contributed by atoms with E-state index in [0.717, 1.165) is 23.7 Å². The van der Waals surface area contributed by atoms with Gasteiger partial charge in [-0.05, 0) is 61.6 Å². The number of hydrogen-bond acceptors (Lipinski definition) is 4. The van der Waals surface area contributed by atoms with Crippen molar-refractivity contribution in [2.24, 2.45) is 5.92 Å². The Morgan fingerprint density at radius 2 is 1.83 bits per heavy atom. The van der Waals surface area contributed by atoms with E-state index < -0.39 is 0 Å². The van der Waals surface area contributed by atoms with E-state index in [0.29, 0.717) is 16.6 Å². The Morgan fingerprint density at radius 1 is 1.10 bits per heavy atom. The summed E-state index contributed by atoms with van der Waals surface area (Å²) < 4.78 is 1.34. The van der Waals surface area contributed by atoms with E-state index in [1.54, 1.807) is 6.07 Å². The number of benzene rings is 2. The number of rotatable bonds is 6. The van der Waals surface area contributed by atoms with Gasteiger partial charge in [0, 0.05) is 17.9 Å². The van der Waals surface area contributed by atoms with Crippen LogP contribution >= 0.6 is 0 Å². The van der Waals surface area contributed by atoms with Gasteiger partial charge in [-0.25, -0.2) is 4.98 Å². The summed E-state index contributed by atoms with van der Waals surface area (Å²) >= 11 is 0. The Kier molecular flexibility index (Phi) is 5.60. The number of anilines is 2. The first-order valence-corrected chi connectivity index (χ1v) is 10.2. The zero-order chi connectivity index (χ0) is 20.2. The van der Waals surface area contributed by atoms with Crippen molar-refractivity contribution in [2.75, 3.05) is 17.2 Å². The molecule has 1 amide bonds. The zero-order valence-corrected chi connectivity index (χ0v) is 16.6. The van der Waals surface area contributed by atoms with Crippen molar-refractivity contribution in [3.63, 3.8) is 0 Å². The van der Waals surface area contributed by atoms with E-state index >= 15 is 0 Å². The summed E-state index contributed by atoms with van der Waals surface area (Å²) in [5.74, 6) is 0.514. The molecule has 29 heavy (non-hydrogen) atoms. The highest BCUT2D eigenvalue weighted by Crippen LogP contribution is 2.25. The minimum Gasteiger partial charge on any atom is -0.385 e. The number of amides is 1. The molecule has 1 saturated carbocycles. The molecule has 1 aliphatic rings. The molecule has 0 saturated heterocycles. The molecule has 2 N–H and O–H groups in total. The maximum atomic E-state index is 12.6. The molecular formula is C23H26N4O2. The third kappa shape index (κ3) is 4.47. The van der Waals surface area contributed by atoms with E-state index in [-0.39, 0.29) is 18.0 Å². The number of carbonyl (C=O) groups is 1. The Morgan fingerprint density at radius 3 is 2.59 bits per heavy atom. The van der Waals surface area contributed by atoms with Crippen LogP contribution in [0.3, 0.4) is 0 Å². The zero-order valence-electron chi connectivity index (χ0n) is 16.6. The van der Waals surface area contributed by atoms with Gasteiger partial charge >= 0.3 is 0 Å². The van der Waals surface area contributed by atoms with Crippen molar-refractivity contribution in [1.29, 1.82) is 0 Å². The highest BCUT2D eigenvalue weighted by atomic mass is 16.2. The normalized spacial score (nSPS) is 14.2. The summed E-state index contributed by atoms with van der Waals surface area (Å²) in [6, 6.07) is 13.2. The fraction of sp³-hybridized carbons (Fsp3) is 0.348. The first-order valence-electron chi connectivity index (χ1n) is 10.2. The van der Waals surface area contributed by atoms with Gasteiger partial charge in [-0.3, -0.25) is 14.2 Å². The van der Waals surface area contributed by atoms with E-state index in [2.05, 4.69) is 15.6 Å². The number of nitrogens with zero attached hydrogens (tertiary/aromatic N) is 2. The van der Waals surface area contributed by atoms with Gasteiger partial charge in [0.05, 0.1) is 17.2 Å².